The standard InChI is InChI=1S/C18H36O2/c1-7-14(4)10-11-18(17(19)20,12-15(5)8-2)13-16(6)9-3/h14-16H,7-13H2,1-6H3,(H,19,20). The second-order valence-corrected chi connectivity index (χ2v) is 7.07. The van der Waals surface area contributed by atoms with Crippen molar-refractivity contribution in [1.29, 1.82) is 0 Å². The Kier molecular flexibility index (Phi) is 9.16. The summed E-state index contributed by atoms with van der Waals surface area (Å²) < 4.78 is 0. The van der Waals surface area contributed by atoms with Gasteiger partial charge in [-0.15, -0.1) is 0 Å². The number of aliphatic carboxylic acids is 1. The van der Waals surface area contributed by atoms with Crippen LogP contribution in [0.3, 0.4) is 0 Å². The van der Waals surface area contributed by atoms with Gasteiger partial charge in [-0.05, 0) is 43.4 Å². The van der Waals surface area contributed by atoms with E-state index in [1.807, 2.05) is 0 Å². The van der Waals surface area contributed by atoms with Crippen molar-refractivity contribution < 1.29 is 9.90 Å². The number of hydrogen-bond acceptors (Lipinski definition) is 1. The highest BCUT2D eigenvalue weighted by atomic mass is 16.4. The summed E-state index contributed by atoms with van der Waals surface area (Å²) in [6, 6.07) is 0. The summed E-state index contributed by atoms with van der Waals surface area (Å²) in [5, 5.41) is 9.90. The highest BCUT2D eigenvalue weighted by molar-refractivity contribution is 5.74. The van der Waals surface area contributed by atoms with Crippen LogP contribution in [0.1, 0.15) is 86.5 Å². The van der Waals surface area contributed by atoms with Crippen LogP contribution in [0, 0.1) is 23.2 Å². The Morgan fingerprint density at radius 1 is 0.900 bits per heavy atom. The van der Waals surface area contributed by atoms with Gasteiger partial charge in [-0.2, -0.15) is 0 Å². The first kappa shape index (κ1) is 19.5. The molecule has 0 saturated carbocycles. The molecule has 0 aliphatic rings. The lowest BCUT2D eigenvalue weighted by atomic mass is 9.69. The Balaban J connectivity index is 5.05. The molecule has 0 rings (SSSR count). The Hall–Kier alpha value is -0.530. The van der Waals surface area contributed by atoms with E-state index in [-0.39, 0.29) is 0 Å². The van der Waals surface area contributed by atoms with Crippen LogP contribution >= 0.6 is 0 Å². The molecule has 0 aromatic rings. The Bertz CT molecular complexity index is 261. The van der Waals surface area contributed by atoms with Crippen LogP contribution in [0.2, 0.25) is 0 Å². The van der Waals surface area contributed by atoms with Gasteiger partial charge in [-0.3, -0.25) is 4.79 Å². The van der Waals surface area contributed by atoms with Gasteiger partial charge in [0.1, 0.15) is 0 Å². The minimum Gasteiger partial charge on any atom is -0.481 e. The average molecular weight is 284 g/mol. The fourth-order valence-electron chi connectivity index (χ4n) is 2.92. The summed E-state index contributed by atoms with van der Waals surface area (Å²) in [6.07, 6.45) is 6.82. The molecular weight excluding hydrogens is 248 g/mol. The van der Waals surface area contributed by atoms with E-state index in [1.54, 1.807) is 0 Å². The maximum atomic E-state index is 12.0. The third-order valence-corrected chi connectivity index (χ3v) is 5.14. The van der Waals surface area contributed by atoms with E-state index in [9.17, 15) is 9.90 Å². The molecule has 0 aliphatic heterocycles. The molecular formula is C18H36O2. The summed E-state index contributed by atoms with van der Waals surface area (Å²) >= 11 is 0. The van der Waals surface area contributed by atoms with E-state index >= 15 is 0 Å². The number of carboxylic acids is 1. The van der Waals surface area contributed by atoms with E-state index in [4.69, 9.17) is 0 Å². The van der Waals surface area contributed by atoms with Crippen LogP contribution in [0.25, 0.3) is 0 Å². The molecule has 0 spiro atoms. The zero-order valence-electron chi connectivity index (χ0n) is 14.5. The fraction of sp³-hybridized carbons (Fsp3) is 0.944. The number of hydrogen-bond donors (Lipinski definition) is 1. The zero-order chi connectivity index (χ0) is 15.8. The second-order valence-electron chi connectivity index (χ2n) is 7.07. The minimum atomic E-state index is -0.568. The van der Waals surface area contributed by atoms with Crippen molar-refractivity contribution in [2.45, 2.75) is 86.5 Å². The van der Waals surface area contributed by atoms with Gasteiger partial charge in [0.05, 0.1) is 5.41 Å². The molecule has 0 aromatic carbocycles. The van der Waals surface area contributed by atoms with Crippen molar-refractivity contribution in [3.05, 3.63) is 0 Å². The van der Waals surface area contributed by atoms with Crippen LogP contribution in [-0.2, 0) is 4.79 Å². The Morgan fingerprint density at radius 3 is 1.60 bits per heavy atom. The molecule has 20 heavy (non-hydrogen) atoms. The molecule has 1 N–H and O–H groups in total. The molecule has 3 atom stereocenters. The normalized spacial score (nSPS) is 19.1. The van der Waals surface area contributed by atoms with E-state index in [0.29, 0.717) is 17.8 Å². The summed E-state index contributed by atoms with van der Waals surface area (Å²) in [5.41, 5.74) is -0.506. The van der Waals surface area contributed by atoms with Gasteiger partial charge in [0.25, 0.3) is 0 Å². The van der Waals surface area contributed by atoms with Gasteiger partial charge < -0.3 is 5.11 Å². The first-order valence-electron chi connectivity index (χ1n) is 8.54. The molecule has 0 radical (unpaired) electrons. The summed E-state index contributed by atoms with van der Waals surface area (Å²) in [6.45, 7) is 13.1. The van der Waals surface area contributed by atoms with E-state index in [0.717, 1.165) is 44.9 Å². The minimum absolute atomic E-state index is 0.493. The molecule has 0 fully saturated rings. The van der Waals surface area contributed by atoms with Gasteiger partial charge >= 0.3 is 5.97 Å². The maximum absolute atomic E-state index is 12.0. The molecule has 0 saturated heterocycles. The van der Waals surface area contributed by atoms with Gasteiger partial charge in [0.15, 0.2) is 0 Å². The first-order valence-corrected chi connectivity index (χ1v) is 8.54. The zero-order valence-corrected chi connectivity index (χ0v) is 14.5. The van der Waals surface area contributed by atoms with Crippen molar-refractivity contribution in [3.63, 3.8) is 0 Å². The van der Waals surface area contributed by atoms with E-state index < -0.39 is 11.4 Å². The van der Waals surface area contributed by atoms with Gasteiger partial charge in [-0.25, -0.2) is 0 Å². The molecule has 2 heteroatoms. The second kappa shape index (κ2) is 9.41. The summed E-state index contributed by atoms with van der Waals surface area (Å²) in [5.74, 6) is 1.04. The predicted molar refractivity (Wildman–Crippen MR) is 86.9 cm³/mol. The van der Waals surface area contributed by atoms with Crippen LogP contribution < -0.4 is 0 Å². The maximum Gasteiger partial charge on any atom is 0.309 e. The number of rotatable bonds is 11. The smallest absolute Gasteiger partial charge is 0.309 e. The Morgan fingerprint density at radius 2 is 1.30 bits per heavy atom. The van der Waals surface area contributed by atoms with Crippen LogP contribution in [-0.4, -0.2) is 11.1 Å². The third kappa shape index (κ3) is 6.28. The molecule has 0 aromatic heterocycles. The van der Waals surface area contributed by atoms with Crippen molar-refractivity contribution in [3.8, 4) is 0 Å². The van der Waals surface area contributed by atoms with Gasteiger partial charge in [0, 0.05) is 0 Å². The van der Waals surface area contributed by atoms with E-state index in [2.05, 4.69) is 41.5 Å². The predicted octanol–water partition coefficient (Wildman–Crippen LogP) is 5.76. The molecule has 3 unspecified atom stereocenters. The van der Waals surface area contributed by atoms with Gasteiger partial charge in [0.2, 0.25) is 0 Å². The van der Waals surface area contributed by atoms with Crippen molar-refractivity contribution in [1.82, 2.24) is 0 Å². The monoisotopic (exact) mass is 284 g/mol. The van der Waals surface area contributed by atoms with Gasteiger partial charge in [-0.1, -0.05) is 60.8 Å². The quantitative estimate of drug-likeness (QED) is 0.524. The number of carbonyl (C=O) groups is 1. The highest BCUT2D eigenvalue weighted by Gasteiger charge is 2.40. The lowest BCUT2D eigenvalue weighted by molar-refractivity contribution is -0.152. The highest BCUT2D eigenvalue weighted by Crippen LogP contribution is 2.41. The van der Waals surface area contributed by atoms with Crippen molar-refractivity contribution >= 4 is 5.97 Å². The van der Waals surface area contributed by atoms with Crippen molar-refractivity contribution in [2.75, 3.05) is 0 Å². The first-order chi connectivity index (χ1) is 9.31. The van der Waals surface area contributed by atoms with Crippen LogP contribution in [0.15, 0.2) is 0 Å². The molecule has 0 heterocycles. The summed E-state index contributed by atoms with van der Waals surface area (Å²) in [4.78, 5) is 12.0. The van der Waals surface area contributed by atoms with Crippen LogP contribution in [0.5, 0.6) is 0 Å². The Labute approximate surface area is 126 Å². The molecule has 0 bridgehead atoms. The largest absolute Gasteiger partial charge is 0.481 e. The van der Waals surface area contributed by atoms with Crippen molar-refractivity contribution in [2.24, 2.45) is 23.2 Å². The molecule has 120 valence electrons. The SMILES string of the molecule is CCC(C)CCC(CC(C)CC)(CC(C)CC)C(=O)O. The third-order valence-electron chi connectivity index (χ3n) is 5.14. The molecule has 0 aliphatic carbocycles. The lowest BCUT2D eigenvalue weighted by Crippen LogP contribution is -2.35. The average Bonchev–Trinajstić information content (AvgIpc) is 2.43. The van der Waals surface area contributed by atoms with E-state index in [1.165, 1.54) is 0 Å². The topological polar surface area (TPSA) is 37.3 Å². The molecule has 0 amide bonds. The molecule has 2 nitrogen and oxygen atoms in total. The summed E-state index contributed by atoms with van der Waals surface area (Å²) in [7, 11) is 0. The number of carboxylic acid groups (broad SMARTS) is 1. The lowest BCUT2D eigenvalue weighted by Gasteiger charge is -2.35. The fourth-order valence-corrected chi connectivity index (χ4v) is 2.92. The van der Waals surface area contributed by atoms with Crippen LogP contribution in [0.4, 0.5) is 0 Å².